The molecule has 1 atom stereocenters. The maximum Gasteiger partial charge on any atom is 0.264 e. The predicted octanol–water partition coefficient (Wildman–Crippen LogP) is 7.29. The lowest BCUT2D eigenvalue weighted by molar-refractivity contribution is -0.140. The minimum absolute atomic E-state index is 0.0124. The van der Waals surface area contributed by atoms with Crippen LogP contribution in [0.25, 0.3) is 0 Å². The van der Waals surface area contributed by atoms with Crippen molar-refractivity contribution in [2.45, 2.75) is 62.0 Å². The monoisotopic (exact) mass is 707 g/mol. The Morgan fingerprint density at radius 2 is 1.44 bits per heavy atom. The fraction of sp³-hybridized carbons (Fsp3) is 0.297. The van der Waals surface area contributed by atoms with E-state index in [0.717, 1.165) is 42.0 Å². The van der Waals surface area contributed by atoms with Crippen LogP contribution in [0.5, 0.6) is 5.75 Å². The van der Waals surface area contributed by atoms with Crippen LogP contribution in [-0.2, 0) is 32.6 Å². The molecule has 8 nitrogen and oxygen atoms in total. The van der Waals surface area contributed by atoms with Gasteiger partial charge in [-0.05, 0) is 66.9 Å². The van der Waals surface area contributed by atoms with E-state index in [1.165, 1.54) is 24.1 Å². The maximum absolute atomic E-state index is 14.7. The van der Waals surface area contributed by atoms with Crippen molar-refractivity contribution < 1.29 is 22.7 Å². The van der Waals surface area contributed by atoms with Gasteiger partial charge in [0.15, 0.2) is 0 Å². The molecule has 2 amide bonds. The number of nitrogens with zero attached hydrogens (tertiary/aromatic N) is 2. The highest BCUT2D eigenvalue weighted by molar-refractivity contribution is 7.92. The second-order valence-corrected chi connectivity index (χ2v) is 14.5. The Hall–Kier alpha value is -4.05. The number of halogens is 2. The third-order valence-electron chi connectivity index (χ3n) is 8.58. The quantitative estimate of drug-likeness (QED) is 0.158. The van der Waals surface area contributed by atoms with Crippen LogP contribution in [0.4, 0.5) is 5.69 Å². The Morgan fingerprint density at radius 1 is 0.833 bits per heavy atom. The predicted molar refractivity (Wildman–Crippen MR) is 190 cm³/mol. The van der Waals surface area contributed by atoms with E-state index in [0.29, 0.717) is 27.0 Å². The van der Waals surface area contributed by atoms with E-state index in [4.69, 9.17) is 27.9 Å². The second kappa shape index (κ2) is 16.4. The third-order valence-corrected chi connectivity index (χ3v) is 11.1. The minimum Gasteiger partial charge on any atom is -0.497 e. The Labute approximate surface area is 292 Å². The van der Waals surface area contributed by atoms with Gasteiger partial charge in [-0.3, -0.25) is 13.9 Å². The molecule has 0 radical (unpaired) electrons. The highest BCUT2D eigenvalue weighted by Crippen LogP contribution is 2.30. The Kier molecular flexibility index (Phi) is 12.0. The van der Waals surface area contributed by atoms with Gasteiger partial charge < -0.3 is 15.0 Å². The highest BCUT2D eigenvalue weighted by Gasteiger charge is 2.36. The topological polar surface area (TPSA) is 96.0 Å². The average Bonchev–Trinajstić information content (AvgIpc) is 3.11. The fourth-order valence-corrected chi connectivity index (χ4v) is 7.88. The summed E-state index contributed by atoms with van der Waals surface area (Å²) < 4.78 is 34.7. The van der Waals surface area contributed by atoms with Crippen molar-refractivity contribution in [1.29, 1.82) is 0 Å². The second-order valence-electron chi connectivity index (χ2n) is 11.8. The summed E-state index contributed by atoms with van der Waals surface area (Å²) in [5, 5.41) is 3.86. The minimum atomic E-state index is -4.25. The first-order chi connectivity index (χ1) is 23.2. The van der Waals surface area contributed by atoms with E-state index >= 15 is 0 Å². The fourth-order valence-electron chi connectivity index (χ4n) is 5.95. The van der Waals surface area contributed by atoms with Crippen LogP contribution in [0, 0.1) is 0 Å². The molecule has 0 spiro atoms. The van der Waals surface area contributed by atoms with Crippen LogP contribution >= 0.6 is 23.2 Å². The number of methoxy groups -OCH3 is 1. The highest BCUT2D eigenvalue weighted by atomic mass is 35.5. The molecule has 11 heteroatoms. The van der Waals surface area contributed by atoms with Gasteiger partial charge in [-0.1, -0.05) is 97.1 Å². The van der Waals surface area contributed by atoms with E-state index in [1.54, 1.807) is 60.7 Å². The molecule has 4 aromatic carbocycles. The van der Waals surface area contributed by atoms with Gasteiger partial charge in [0.05, 0.1) is 17.7 Å². The SMILES string of the molecule is COc1ccc(S(=O)(=O)N(CC(=O)N(Cc2c(Cl)cccc2Cl)[C@@H](Cc2ccccc2)C(=O)NC2CCCCC2)c2ccccc2)cc1. The Balaban J connectivity index is 1.57. The van der Waals surface area contributed by atoms with Crippen LogP contribution in [0.3, 0.4) is 0 Å². The number of hydrogen-bond donors (Lipinski definition) is 1. The van der Waals surface area contributed by atoms with Crippen molar-refractivity contribution in [2.75, 3.05) is 18.0 Å². The molecular formula is C37H39Cl2N3O5S. The van der Waals surface area contributed by atoms with Gasteiger partial charge in [0.2, 0.25) is 11.8 Å². The van der Waals surface area contributed by atoms with E-state index in [1.807, 2.05) is 30.3 Å². The molecular weight excluding hydrogens is 669 g/mol. The van der Waals surface area contributed by atoms with Crippen LogP contribution in [0.1, 0.15) is 43.2 Å². The molecule has 48 heavy (non-hydrogen) atoms. The van der Waals surface area contributed by atoms with Crippen LogP contribution in [-0.4, -0.2) is 50.9 Å². The van der Waals surface area contributed by atoms with Gasteiger partial charge in [-0.25, -0.2) is 8.42 Å². The number of hydrogen-bond acceptors (Lipinski definition) is 5. The van der Waals surface area contributed by atoms with E-state index < -0.39 is 28.5 Å². The molecule has 0 aromatic heterocycles. The normalized spacial score (nSPS) is 14.1. The van der Waals surface area contributed by atoms with Crippen LogP contribution in [0.15, 0.2) is 108 Å². The maximum atomic E-state index is 14.7. The number of rotatable bonds is 13. The standard InChI is InChI=1S/C37H39Cl2N3O5S/c1-47-30-20-22-31(23-21-30)48(45,46)42(29-16-9-4-10-17-29)26-36(43)41(25-32-33(38)18-11-19-34(32)39)35(24-27-12-5-2-6-13-27)37(44)40-28-14-7-3-8-15-28/h2,4-6,9-13,16-23,28,35H,3,7-8,14-15,24-26H2,1H3,(H,40,44)/t35-/m0/s1. The summed E-state index contributed by atoms with van der Waals surface area (Å²) in [6.07, 6.45) is 5.06. The lowest BCUT2D eigenvalue weighted by Gasteiger charge is -2.35. The van der Waals surface area contributed by atoms with Crippen molar-refractivity contribution in [2.24, 2.45) is 0 Å². The molecule has 1 aliphatic rings. The van der Waals surface area contributed by atoms with Gasteiger partial charge in [-0.2, -0.15) is 0 Å². The molecule has 0 aliphatic heterocycles. The Bertz CT molecular complexity index is 1760. The molecule has 252 valence electrons. The first-order valence-corrected chi connectivity index (χ1v) is 18.2. The van der Waals surface area contributed by atoms with Gasteiger partial charge in [0.25, 0.3) is 10.0 Å². The average molecular weight is 709 g/mol. The van der Waals surface area contributed by atoms with Crippen molar-refractivity contribution in [3.8, 4) is 5.75 Å². The lowest BCUT2D eigenvalue weighted by atomic mass is 9.94. The zero-order valence-electron chi connectivity index (χ0n) is 26.7. The lowest BCUT2D eigenvalue weighted by Crippen LogP contribution is -2.55. The molecule has 1 aliphatic carbocycles. The summed E-state index contributed by atoms with van der Waals surface area (Å²) in [5.41, 5.74) is 1.60. The molecule has 0 unspecified atom stereocenters. The largest absolute Gasteiger partial charge is 0.497 e. The third kappa shape index (κ3) is 8.69. The zero-order chi connectivity index (χ0) is 34.1. The number of para-hydroxylation sites is 1. The van der Waals surface area contributed by atoms with Crippen molar-refractivity contribution >= 4 is 50.7 Å². The number of nitrogens with one attached hydrogen (secondary N) is 1. The summed E-state index contributed by atoms with van der Waals surface area (Å²) in [7, 11) is -2.75. The van der Waals surface area contributed by atoms with Crippen LogP contribution in [0.2, 0.25) is 10.0 Å². The molecule has 1 N–H and O–H groups in total. The van der Waals surface area contributed by atoms with Gasteiger partial charge >= 0.3 is 0 Å². The summed E-state index contributed by atoms with van der Waals surface area (Å²) in [4.78, 5) is 30.3. The summed E-state index contributed by atoms with van der Waals surface area (Å²) >= 11 is 13.2. The molecule has 1 saturated carbocycles. The van der Waals surface area contributed by atoms with E-state index in [-0.39, 0.29) is 29.8 Å². The number of anilines is 1. The van der Waals surface area contributed by atoms with Crippen LogP contribution < -0.4 is 14.4 Å². The van der Waals surface area contributed by atoms with Gasteiger partial charge in [0.1, 0.15) is 18.3 Å². The molecule has 5 rings (SSSR count). The summed E-state index contributed by atoms with van der Waals surface area (Å²) in [6, 6.07) is 27.9. The zero-order valence-corrected chi connectivity index (χ0v) is 29.1. The first kappa shape index (κ1) is 35.3. The van der Waals surface area contributed by atoms with Gasteiger partial charge in [0, 0.05) is 34.6 Å². The number of benzene rings is 4. The molecule has 0 bridgehead atoms. The van der Waals surface area contributed by atoms with E-state index in [9.17, 15) is 18.0 Å². The van der Waals surface area contributed by atoms with E-state index in [2.05, 4.69) is 5.32 Å². The van der Waals surface area contributed by atoms with Gasteiger partial charge in [-0.15, -0.1) is 0 Å². The number of carbonyl (C=O) groups is 2. The number of carbonyl (C=O) groups excluding carboxylic acids is 2. The molecule has 1 fully saturated rings. The smallest absolute Gasteiger partial charge is 0.264 e. The van der Waals surface area contributed by atoms with Crippen molar-refractivity contribution in [1.82, 2.24) is 10.2 Å². The summed E-state index contributed by atoms with van der Waals surface area (Å²) in [5.74, 6) is -0.412. The van der Waals surface area contributed by atoms with Crippen molar-refractivity contribution in [3.63, 3.8) is 0 Å². The first-order valence-electron chi connectivity index (χ1n) is 16.0. The number of sulfonamides is 1. The molecule has 4 aromatic rings. The Morgan fingerprint density at radius 3 is 2.04 bits per heavy atom. The number of amides is 2. The molecule has 0 saturated heterocycles. The summed E-state index contributed by atoms with van der Waals surface area (Å²) in [6.45, 7) is -0.694. The van der Waals surface area contributed by atoms with Crippen molar-refractivity contribution in [3.05, 3.63) is 124 Å². The number of ether oxygens (including phenoxy) is 1. The molecule has 0 heterocycles.